The zero-order valence-electron chi connectivity index (χ0n) is 15.7. The number of imidazole rings is 1. The van der Waals surface area contributed by atoms with Crippen LogP contribution in [-0.2, 0) is 0 Å². The lowest BCUT2D eigenvalue weighted by atomic mass is 10.2. The van der Waals surface area contributed by atoms with Gasteiger partial charge in [-0.1, -0.05) is 17.7 Å². The van der Waals surface area contributed by atoms with Crippen molar-refractivity contribution in [2.45, 2.75) is 13.0 Å². The second-order valence-corrected chi connectivity index (χ2v) is 7.05. The number of benzene rings is 1. The highest BCUT2D eigenvalue weighted by molar-refractivity contribution is 6.35. The van der Waals surface area contributed by atoms with E-state index < -0.39 is 6.04 Å². The Balaban J connectivity index is 1.71. The molecule has 0 aliphatic heterocycles. The summed E-state index contributed by atoms with van der Waals surface area (Å²) in [5, 5.41) is 4.00. The van der Waals surface area contributed by atoms with Gasteiger partial charge in [0.25, 0.3) is 5.56 Å². The number of hydrogen-bond donors (Lipinski definition) is 2. The van der Waals surface area contributed by atoms with Crippen LogP contribution in [0, 0.1) is 0 Å². The molecule has 148 valence electrons. The molecule has 30 heavy (non-hydrogen) atoms. The molecule has 0 saturated heterocycles. The summed E-state index contributed by atoms with van der Waals surface area (Å²) in [6.07, 6.45) is 6.25. The van der Waals surface area contributed by atoms with Crippen molar-refractivity contribution >= 4 is 39.5 Å². The third-order valence-electron chi connectivity index (χ3n) is 4.73. The maximum atomic E-state index is 13.4. The molecule has 2 N–H and O–H groups in total. The molecule has 10 heteroatoms. The average Bonchev–Trinajstić information content (AvgIpc) is 3.24. The van der Waals surface area contributed by atoms with Crippen LogP contribution in [0.4, 0.5) is 5.82 Å². The van der Waals surface area contributed by atoms with Crippen molar-refractivity contribution < 1.29 is 0 Å². The molecule has 0 amide bonds. The van der Waals surface area contributed by atoms with Crippen LogP contribution < -0.4 is 10.9 Å². The molecule has 0 aliphatic rings. The lowest BCUT2D eigenvalue weighted by Crippen LogP contribution is -2.27. The number of nitrogens with zero attached hydrogens (tertiary/aromatic N) is 6. The van der Waals surface area contributed by atoms with Gasteiger partial charge in [0.15, 0.2) is 11.5 Å². The minimum Gasteiger partial charge on any atom is -0.358 e. The highest BCUT2D eigenvalue weighted by atomic mass is 35.5. The first-order valence-corrected chi connectivity index (χ1v) is 9.53. The van der Waals surface area contributed by atoms with Crippen LogP contribution in [0.25, 0.3) is 27.8 Å². The number of nitrogens with one attached hydrogen (secondary N) is 2. The van der Waals surface area contributed by atoms with Crippen molar-refractivity contribution in [1.29, 1.82) is 0 Å². The van der Waals surface area contributed by atoms with Crippen LogP contribution in [-0.4, -0.2) is 34.5 Å². The third-order valence-corrected chi connectivity index (χ3v) is 5.05. The Morgan fingerprint density at radius 2 is 2.07 bits per heavy atom. The fourth-order valence-electron chi connectivity index (χ4n) is 3.37. The van der Waals surface area contributed by atoms with Gasteiger partial charge < -0.3 is 10.3 Å². The largest absolute Gasteiger partial charge is 0.358 e. The summed E-state index contributed by atoms with van der Waals surface area (Å²) in [6.45, 7) is 1.89. The van der Waals surface area contributed by atoms with E-state index in [0.29, 0.717) is 44.4 Å². The molecule has 1 unspecified atom stereocenters. The number of pyridine rings is 1. The summed E-state index contributed by atoms with van der Waals surface area (Å²) >= 11 is 6.32. The standard InChI is InChI=1S/C20H15ClN8O/c1-11(27-18-16-17(24-9-23-16)25-10-26-18)19-28-14-6-2-5-13(21)15(14)20(30)29(19)12-4-3-7-22-8-12/h2-11H,1H3,(H2,23,24,25,26,27). The van der Waals surface area contributed by atoms with Gasteiger partial charge in [-0.05, 0) is 31.2 Å². The van der Waals surface area contributed by atoms with E-state index in [1.165, 1.54) is 10.9 Å². The second-order valence-electron chi connectivity index (χ2n) is 6.64. The van der Waals surface area contributed by atoms with Crippen LogP contribution in [0.1, 0.15) is 18.8 Å². The SMILES string of the molecule is CC(Nc1ncnc2[nH]cnc12)c1nc2cccc(Cl)c2c(=O)n1-c1cccnc1. The number of aromatic amines is 1. The van der Waals surface area contributed by atoms with Gasteiger partial charge in [0.1, 0.15) is 17.7 Å². The molecule has 4 aromatic heterocycles. The van der Waals surface area contributed by atoms with Crippen LogP contribution in [0.2, 0.25) is 5.02 Å². The van der Waals surface area contributed by atoms with Gasteiger partial charge in [0, 0.05) is 6.20 Å². The molecule has 0 radical (unpaired) electrons. The summed E-state index contributed by atoms with van der Waals surface area (Å²) in [6, 6.07) is 8.38. The summed E-state index contributed by atoms with van der Waals surface area (Å²) < 4.78 is 1.52. The van der Waals surface area contributed by atoms with Crippen LogP contribution >= 0.6 is 11.6 Å². The Morgan fingerprint density at radius 1 is 1.17 bits per heavy atom. The Hall–Kier alpha value is -3.85. The van der Waals surface area contributed by atoms with Crippen LogP contribution in [0.3, 0.4) is 0 Å². The number of aromatic nitrogens is 7. The monoisotopic (exact) mass is 418 g/mol. The fraction of sp³-hybridized carbons (Fsp3) is 0.100. The Bertz CT molecular complexity index is 1430. The quantitative estimate of drug-likeness (QED) is 0.460. The van der Waals surface area contributed by atoms with Crippen molar-refractivity contribution in [3.63, 3.8) is 0 Å². The zero-order chi connectivity index (χ0) is 20.7. The van der Waals surface area contributed by atoms with Crippen molar-refractivity contribution in [2.75, 3.05) is 5.32 Å². The first-order valence-electron chi connectivity index (χ1n) is 9.15. The van der Waals surface area contributed by atoms with Crippen molar-refractivity contribution in [3.8, 4) is 5.69 Å². The fourth-order valence-corrected chi connectivity index (χ4v) is 3.62. The van der Waals surface area contributed by atoms with Crippen molar-refractivity contribution in [3.05, 3.63) is 76.6 Å². The normalized spacial score (nSPS) is 12.3. The molecule has 0 aliphatic carbocycles. The summed E-state index contributed by atoms with van der Waals surface area (Å²) in [4.78, 5) is 38.0. The third kappa shape index (κ3) is 2.96. The minimum atomic E-state index is -0.393. The number of halogens is 1. The van der Waals surface area contributed by atoms with E-state index in [1.54, 1.807) is 49.1 Å². The topological polar surface area (TPSA) is 114 Å². The molecule has 1 atom stereocenters. The first kappa shape index (κ1) is 18.2. The molecule has 5 aromatic rings. The molecule has 0 saturated carbocycles. The van der Waals surface area contributed by atoms with Crippen molar-refractivity contribution in [1.82, 2.24) is 34.5 Å². The molecule has 0 spiro atoms. The van der Waals surface area contributed by atoms with Gasteiger partial charge >= 0.3 is 0 Å². The van der Waals surface area contributed by atoms with E-state index >= 15 is 0 Å². The molecular formula is C20H15ClN8O. The maximum Gasteiger partial charge on any atom is 0.267 e. The molecule has 0 fully saturated rings. The van der Waals surface area contributed by atoms with Crippen molar-refractivity contribution in [2.24, 2.45) is 0 Å². The molecule has 1 aromatic carbocycles. The lowest BCUT2D eigenvalue weighted by molar-refractivity contribution is 0.730. The maximum absolute atomic E-state index is 13.4. The number of hydrogen-bond acceptors (Lipinski definition) is 7. The first-order chi connectivity index (χ1) is 14.6. The van der Waals surface area contributed by atoms with E-state index in [2.05, 4.69) is 30.2 Å². The van der Waals surface area contributed by atoms with Gasteiger partial charge in [-0.15, -0.1) is 0 Å². The van der Waals surface area contributed by atoms with Gasteiger partial charge in [-0.3, -0.25) is 14.3 Å². The predicted molar refractivity (Wildman–Crippen MR) is 114 cm³/mol. The smallest absolute Gasteiger partial charge is 0.267 e. The second kappa shape index (κ2) is 7.20. The molecule has 0 bridgehead atoms. The molecule has 5 rings (SSSR count). The zero-order valence-corrected chi connectivity index (χ0v) is 16.5. The molecule has 9 nitrogen and oxygen atoms in total. The Labute approximate surface area is 174 Å². The average molecular weight is 419 g/mol. The predicted octanol–water partition coefficient (Wildman–Crippen LogP) is 3.27. The van der Waals surface area contributed by atoms with E-state index in [9.17, 15) is 4.79 Å². The number of fused-ring (bicyclic) bond motifs is 2. The lowest BCUT2D eigenvalue weighted by Gasteiger charge is -2.20. The van der Waals surface area contributed by atoms with Gasteiger partial charge in [0.2, 0.25) is 0 Å². The number of rotatable bonds is 4. The van der Waals surface area contributed by atoms with Crippen LogP contribution in [0.15, 0.2) is 60.2 Å². The Kier molecular flexibility index (Phi) is 4.36. The Morgan fingerprint density at radius 3 is 2.90 bits per heavy atom. The highest BCUT2D eigenvalue weighted by Crippen LogP contribution is 2.25. The van der Waals surface area contributed by atoms with Gasteiger partial charge in [-0.25, -0.2) is 19.9 Å². The van der Waals surface area contributed by atoms with E-state index in [-0.39, 0.29) is 5.56 Å². The summed E-state index contributed by atoms with van der Waals surface area (Å²) in [5.41, 5.74) is 2.05. The van der Waals surface area contributed by atoms with Crippen LogP contribution in [0.5, 0.6) is 0 Å². The van der Waals surface area contributed by atoms with E-state index in [0.717, 1.165) is 0 Å². The van der Waals surface area contributed by atoms with E-state index in [1.807, 2.05) is 6.92 Å². The molecule has 4 heterocycles. The summed E-state index contributed by atoms with van der Waals surface area (Å²) in [7, 11) is 0. The van der Waals surface area contributed by atoms with E-state index in [4.69, 9.17) is 16.6 Å². The number of anilines is 1. The summed E-state index contributed by atoms with van der Waals surface area (Å²) in [5.74, 6) is 1.02. The number of H-pyrrole nitrogens is 1. The molecular weight excluding hydrogens is 404 g/mol. The van der Waals surface area contributed by atoms with Gasteiger partial charge in [0.05, 0.1) is 40.2 Å². The highest BCUT2D eigenvalue weighted by Gasteiger charge is 2.20. The van der Waals surface area contributed by atoms with Gasteiger partial charge in [-0.2, -0.15) is 0 Å². The minimum absolute atomic E-state index is 0.269.